The fourth-order valence-corrected chi connectivity index (χ4v) is 4.77. The van der Waals surface area contributed by atoms with Crippen molar-refractivity contribution < 1.29 is 4.42 Å². The van der Waals surface area contributed by atoms with Crippen molar-refractivity contribution >= 4 is 17.4 Å². The zero-order valence-electron chi connectivity index (χ0n) is 16.3. The maximum absolute atomic E-state index is 5.88. The fraction of sp³-hybridized carbons (Fsp3) is 0.261. The normalized spacial score (nSPS) is 14.4. The summed E-state index contributed by atoms with van der Waals surface area (Å²) in [7, 11) is 0. The van der Waals surface area contributed by atoms with Crippen molar-refractivity contribution in [3.63, 3.8) is 0 Å². The first kappa shape index (κ1) is 18.1. The Morgan fingerprint density at radius 3 is 2.34 bits per heavy atom. The Kier molecular flexibility index (Phi) is 4.86. The van der Waals surface area contributed by atoms with E-state index in [0.717, 1.165) is 21.1 Å². The summed E-state index contributed by atoms with van der Waals surface area (Å²) >= 11 is 1.59. The van der Waals surface area contributed by atoms with Gasteiger partial charge in [-0.2, -0.15) is 0 Å². The van der Waals surface area contributed by atoms with Gasteiger partial charge in [-0.1, -0.05) is 72.5 Å². The molecule has 146 valence electrons. The van der Waals surface area contributed by atoms with Gasteiger partial charge in [-0.25, -0.2) is 4.98 Å². The number of nitrogens with one attached hydrogen (secondary N) is 1. The van der Waals surface area contributed by atoms with Gasteiger partial charge in [-0.15, -0.1) is 16.4 Å². The van der Waals surface area contributed by atoms with Crippen LogP contribution in [0.15, 0.2) is 59.0 Å². The highest BCUT2D eigenvalue weighted by Gasteiger charge is 2.20. The molecule has 1 aliphatic rings. The first-order chi connectivity index (χ1) is 14.3. The van der Waals surface area contributed by atoms with Gasteiger partial charge < -0.3 is 9.73 Å². The Morgan fingerprint density at radius 2 is 1.59 bits per heavy atom. The molecule has 1 saturated carbocycles. The van der Waals surface area contributed by atoms with Gasteiger partial charge in [0.2, 0.25) is 0 Å². The molecule has 1 aliphatic carbocycles. The average Bonchev–Trinajstić information content (AvgIpc) is 3.51. The molecule has 0 amide bonds. The van der Waals surface area contributed by atoms with Crippen LogP contribution in [-0.4, -0.2) is 21.2 Å². The van der Waals surface area contributed by atoms with E-state index in [1.165, 1.54) is 36.8 Å². The van der Waals surface area contributed by atoms with Gasteiger partial charge in [0, 0.05) is 11.6 Å². The third kappa shape index (κ3) is 3.80. The molecule has 5 rings (SSSR count). The number of rotatable bonds is 5. The van der Waals surface area contributed by atoms with E-state index >= 15 is 0 Å². The van der Waals surface area contributed by atoms with Gasteiger partial charge in [0.25, 0.3) is 5.89 Å². The highest BCUT2D eigenvalue weighted by Crippen LogP contribution is 2.36. The Labute approximate surface area is 173 Å². The smallest absolute Gasteiger partial charge is 0.315 e. The second-order valence-corrected chi connectivity index (χ2v) is 8.41. The summed E-state index contributed by atoms with van der Waals surface area (Å²) in [6.45, 7) is 1.99. The Bertz CT molecular complexity index is 1100. The van der Waals surface area contributed by atoms with Gasteiger partial charge in [-0.05, 0) is 30.9 Å². The summed E-state index contributed by atoms with van der Waals surface area (Å²) in [4.78, 5) is 5.67. The molecule has 1 N–H and O–H groups in total. The molecule has 0 radical (unpaired) electrons. The number of aryl methyl sites for hydroxylation is 1. The number of anilines is 1. The summed E-state index contributed by atoms with van der Waals surface area (Å²) in [5, 5.41) is 12.7. The molecule has 0 aliphatic heterocycles. The summed E-state index contributed by atoms with van der Waals surface area (Å²) in [5.41, 5.74) is 4.41. The van der Waals surface area contributed by atoms with Crippen molar-refractivity contribution in [2.24, 2.45) is 0 Å². The number of benzene rings is 2. The van der Waals surface area contributed by atoms with Crippen molar-refractivity contribution in [1.82, 2.24) is 15.2 Å². The van der Waals surface area contributed by atoms with Crippen LogP contribution < -0.4 is 5.32 Å². The van der Waals surface area contributed by atoms with Crippen LogP contribution in [0.4, 0.5) is 6.01 Å². The molecule has 0 atom stereocenters. The van der Waals surface area contributed by atoms with Crippen LogP contribution in [0.5, 0.6) is 0 Å². The lowest BCUT2D eigenvalue weighted by molar-refractivity contribution is 0.567. The van der Waals surface area contributed by atoms with Crippen LogP contribution in [0.3, 0.4) is 0 Å². The molecular formula is C23H22N4OS. The zero-order chi connectivity index (χ0) is 19.6. The topological polar surface area (TPSA) is 63.8 Å². The minimum Gasteiger partial charge on any atom is -0.402 e. The van der Waals surface area contributed by atoms with Crippen LogP contribution in [-0.2, 0) is 0 Å². The second kappa shape index (κ2) is 7.79. The summed E-state index contributed by atoms with van der Waals surface area (Å²) < 4.78 is 5.88. The first-order valence-electron chi connectivity index (χ1n) is 10.00. The third-order valence-corrected chi connectivity index (χ3v) is 6.53. The molecule has 1 fully saturated rings. The van der Waals surface area contributed by atoms with E-state index in [2.05, 4.69) is 64.0 Å². The second-order valence-electron chi connectivity index (χ2n) is 7.42. The highest BCUT2D eigenvalue weighted by molar-refractivity contribution is 7.18. The van der Waals surface area contributed by atoms with Gasteiger partial charge in [0.15, 0.2) is 0 Å². The Balaban J connectivity index is 1.37. The SMILES string of the molecule is Cc1nc(-c2ccc(-c3ccccc3)cc2)sc1-c1nnc(NC2CCCC2)o1. The molecule has 0 saturated heterocycles. The van der Waals surface area contributed by atoms with Crippen LogP contribution in [0, 0.1) is 6.92 Å². The van der Waals surface area contributed by atoms with Crippen LogP contribution >= 0.6 is 11.3 Å². The molecule has 29 heavy (non-hydrogen) atoms. The van der Waals surface area contributed by atoms with Crippen LogP contribution in [0.25, 0.3) is 32.5 Å². The summed E-state index contributed by atoms with van der Waals surface area (Å²) in [5.74, 6) is 0.535. The van der Waals surface area contributed by atoms with E-state index in [-0.39, 0.29) is 0 Å². The van der Waals surface area contributed by atoms with E-state index in [0.29, 0.717) is 17.9 Å². The predicted octanol–water partition coefficient (Wildman–Crippen LogP) is 6.19. The van der Waals surface area contributed by atoms with Crippen molar-refractivity contribution in [2.45, 2.75) is 38.6 Å². The Morgan fingerprint density at radius 1 is 0.897 bits per heavy atom. The Hall–Kier alpha value is -2.99. The monoisotopic (exact) mass is 402 g/mol. The predicted molar refractivity (Wildman–Crippen MR) is 117 cm³/mol. The van der Waals surface area contributed by atoms with Crippen molar-refractivity contribution in [1.29, 1.82) is 0 Å². The largest absolute Gasteiger partial charge is 0.402 e. The summed E-state index contributed by atoms with van der Waals surface area (Å²) in [6, 6.07) is 19.8. The number of hydrogen-bond donors (Lipinski definition) is 1. The van der Waals surface area contributed by atoms with Crippen LogP contribution in [0.1, 0.15) is 31.4 Å². The van der Waals surface area contributed by atoms with Gasteiger partial charge in [-0.3, -0.25) is 0 Å². The molecule has 0 spiro atoms. The maximum Gasteiger partial charge on any atom is 0.315 e. The number of thiazole rings is 1. The van der Waals surface area contributed by atoms with Crippen molar-refractivity contribution in [2.75, 3.05) is 5.32 Å². The van der Waals surface area contributed by atoms with Gasteiger partial charge >= 0.3 is 6.01 Å². The van der Waals surface area contributed by atoms with Crippen molar-refractivity contribution in [3.05, 3.63) is 60.3 Å². The molecule has 0 unspecified atom stereocenters. The first-order valence-corrected chi connectivity index (χ1v) is 10.8. The molecule has 2 heterocycles. The van der Waals surface area contributed by atoms with E-state index in [9.17, 15) is 0 Å². The van der Waals surface area contributed by atoms with Gasteiger partial charge in [0.1, 0.15) is 9.88 Å². The quantitative estimate of drug-likeness (QED) is 0.431. The number of nitrogens with zero attached hydrogens (tertiary/aromatic N) is 3. The highest BCUT2D eigenvalue weighted by atomic mass is 32.1. The van der Waals surface area contributed by atoms with E-state index in [4.69, 9.17) is 9.40 Å². The fourth-order valence-electron chi connectivity index (χ4n) is 3.77. The zero-order valence-corrected chi connectivity index (χ0v) is 17.1. The van der Waals surface area contributed by atoms with E-state index in [1.807, 2.05) is 13.0 Å². The van der Waals surface area contributed by atoms with Crippen LogP contribution in [0.2, 0.25) is 0 Å². The third-order valence-electron chi connectivity index (χ3n) is 5.34. The summed E-state index contributed by atoms with van der Waals surface area (Å²) in [6.07, 6.45) is 4.86. The molecule has 2 aromatic heterocycles. The lowest BCUT2D eigenvalue weighted by Gasteiger charge is -2.07. The number of hydrogen-bond acceptors (Lipinski definition) is 6. The van der Waals surface area contributed by atoms with Gasteiger partial charge in [0.05, 0.1) is 5.69 Å². The molecule has 0 bridgehead atoms. The van der Waals surface area contributed by atoms with Crippen molar-refractivity contribution in [3.8, 4) is 32.5 Å². The lowest BCUT2D eigenvalue weighted by Crippen LogP contribution is -2.14. The lowest BCUT2D eigenvalue weighted by atomic mass is 10.0. The van der Waals surface area contributed by atoms with E-state index < -0.39 is 0 Å². The number of aromatic nitrogens is 3. The molecular weight excluding hydrogens is 380 g/mol. The minimum absolute atomic E-state index is 0.449. The molecule has 2 aromatic carbocycles. The average molecular weight is 403 g/mol. The standard InChI is InChI=1S/C23H22N4OS/c1-15-20(21-26-27-23(28-21)25-19-9-5-6-10-19)29-22(24-15)18-13-11-17(12-14-18)16-7-3-2-4-8-16/h2-4,7-8,11-14,19H,5-6,9-10H2,1H3,(H,25,27). The molecule has 6 heteroatoms. The maximum atomic E-state index is 5.88. The van der Waals surface area contributed by atoms with E-state index in [1.54, 1.807) is 11.3 Å². The molecule has 5 nitrogen and oxygen atoms in total. The minimum atomic E-state index is 0.449. The molecule has 4 aromatic rings.